The summed E-state index contributed by atoms with van der Waals surface area (Å²) >= 11 is 0. The summed E-state index contributed by atoms with van der Waals surface area (Å²) in [6.45, 7) is 7.27. The molecule has 0 spiro atoms. The van der Waals surface area contributed by atoms with Crippen molar-refractivity contribution in [3.05, 3.63) is 0 Å². The zero-order valence-electron chi connectivity index (χ0n) is 9.58. The molecule has 0 bridgehead atoms. The molecule has 82 valence electrons. The van der Waals surface area contributed by atoms with Gasteiger partial charge in [0.25, 0.3) is 0 Å². The van der Waals surface area contributed by atoms with Gasteiger partial charge in [-0.2, -0.15) is 0 Å². The quantitative estimate of drug-likeness (QED) is 0.746. The van der Waals surface area contributed by atoms with Gasteiger partial charge in [-0.25, -0.2) is 0 Å². The Hall–Kier alpha value is -0.0800. The average molecular weight is 196 g/mol. The molecule has 0 radical (unpaired) electrons. The van der Waals surface area contributed by atoms with Crippen LogP contribution < -0.4 is 5.73 Å². The Morgan fingerprint density at radius 1 is 1.36 bits per heavy atom. The van der Waals surface area contributed by atoms with E-state index in [2.05, 4.69) is 18.7 Å². The number of hydrogen-bond donors (Lipinski definition) is 1. The summed E-state index contributed by atoms with van der Waals surface area (Å²) in [4.78, 5) is 2.65. The molecule has 0 aromatic carbocycles. The molecule has 2 rings (SSSR count). The highest BCUT2D eigenvalue weighted by Crippen LogP contribution is 2.37. The highest BCUT2D eigenvalue weighted by atomic mass is 15.2. The summed E-state index contributed by atoms with van der Waals surface area (Å²) in [6.07, 6.45) is 5.34. The molecular weight excluding hydrogens is 172 g/mol. The van der Waals surface area contributed by atoms with Crippen LogP contribution in [0.4, 0.5) is 0 Å². The van der Waals surface area contributed by atoms with Crippen LogP contribution in [0.5, 0.6) is 0 Å². The molecule has 2 heteroatoms. The van der Waals surface area contributed by atoms with Crippen LogP contribution in [0.15, 0.2) is 0 Å². The van der Waals surface area contributed by atoms with Crippen LogP contribution in [0, 0.1) is 11.8 Å². The van der Waals surface area contributed by atoms with Crippen molar-refractivity contribution < 1.29 is 0 Å². The van der Waals surface area contributed by atoms with Crippen LogP contribution in [0.2, 0.25) is 0 Å². The van der Waals surface area contributed by atoms with Gasteiger partial charge >= 0.3 is 0 Å². The Balaban J connectivity index is 1.78. The lowest BCUT2D eigenvalue weighted by Gasteiger charge is -2.37. The Bertz CT molecular complexity index is 189. The molecule has 3 atom stereocenters. The summed E-state index contributed by atoms with van der Waals surface area (Å²) < 4.78 is 0. The molecule has 14 heavy (non-hydrogen) atoms. The maximum absolute atomic E-state index is 5.96. The predicted octanol–water partition coefficient (Wildman–Crippen LogP) is 1.84. The van der Waals surface area contributed by atoms with E-state index in [0.717, 1.165) is 11.8 Å². The number of likely N-dealkylation sites (tertiary alicyclic amines) is 1. The number of nitrogens with two attached hydrogens (primary N) is 1. The first-order valence-electron chi connectivity index (χ1n) is 6.16. The van der Waals surface area contributed by atoms with E-state index in [0.29, 0.717) is 12.1 Å². The first kappa shape index (κ1) is 10.4. The first-order valence-corrected chi connectivity index (χ1v) is 6.16. The molecule has 1 saturated heterocycles. The second-order valence-corrected chi connectivity index (χ2v) is 5.44. The van der Waals surface area contributed by atoms with Gasteiger partial charge < -0.3 is 10.6 Å². The zero-order valence-corrected chi connectivity index (χ0v) is 9.58. The fourth-order valence-corrected chi connectivity index (χ4v) is 2.71. The second-order valence-electron chi connectivity index (χ2n) is 5.44. The van der Waals surface area contributed by atoms with E-state index in [4.69, 9.17) is 5.73 Å². The highest BCUT2D eigenvalue weighted by Gasteiger charge is 2.31. The van der Waals surface area contributed by atoms with Gasteiger partial charge in [-0.15, -0.1) is 0 Å². The van der Waals surface area contributed by atoms with E-state index in [1.165, 1.54) is 38.8 Å². The van der Waals surface area contributed by atoms with Gasteiger partial charge in [0, 0.05) is 18.6 Å². The maximum atomic E-state index is 5.96. The Kier molecular flexibility index (Phi) is 3.13. The van der Waals surface area contributed by atoms with Crippen molar-refractivity contribution in [2.75, 3.05) is 13.1 Å². The predicted molar refractivity (Wildman–Crippen MR) is 60.1 cm³/mol. The minimum Gasteiger partial charge on any atom is -0.328 e. The topological polar surface area (TPSA) is 29.3 Å². The van der Waals surface area contributed by atoms with Crippen LogP contribution in [0.3, 0.4) is 0 Å². The smallest absolute Gasteiger partial charge is 0.00817 e. The molecular formula is C12H24N2. The van der Waals surface area contributed by atoms with E-state index < -0.39 is 0 Å². The normalized spacial score (nSPS) is 37.1. The van der Waals surface area contributed by atoms with Crippen LogP contribution in [0.1, 0.15) is 39.5 Å². The van der Waals surface area contributed by atoms with Gasteiger partial charge in [0.05, 0.1) is 0 Å². The van der Waals surface area contributed by atoms with Crippen molar-refractivity contribution in [2.45, 2.75) is 51.6 Å². The summed E-state index contributed by atoms with van der Waals surface area (Å²) in [5, 5.41) is 0. The van der Waals surface area contributed by atoms with Crippen molar-refractivity contribution in [2.24, 2.45) is 17.6 Å². The standard InChI is InChI=1S/C12H24N2/c1-9(11-3-4-11)8-14-6-5-12(13)7-10(14)2/h9-12H,3-8,13H2,1-2H3. The summed E-state index contributed by atoms with van der Waals surface area (Å²) in [7, 11) is 0. The number of nitrogens with zero attached hydrogens (tertiary/aromatic N) is 1. The third-order valence-corrected chi connectivity index (χ3v) is 4.00. The third-order valence-electron chi connectivity index (χ3n) is 4.00. The summed E-state index contributed by atoms with van der Waals surface area (Å²) in [6, 6.07) is 1.16. The summed E-state index contributed by atoms with van der Waals surface area (Å²) in [5.74, 6) is 1.95. The third kappa shape index (κ3) is 2.48. The van der Waals surface area contributed by atoms with E-state index in [9.17, 15) is 0 Å². The molecule has 1 heterocycles. The zero-order chi connectivity index (χ0) is 10.1. The molecule has 3 unspecified atom stereocenters. The highest BCUT2D eigenvalue weighted by molar-refractivity contribution is 4.85. The fraction of sp³-hybridized carbons (Fsp3) is 1.00. The molecule has 1 saturated carbocycles. The Labute approximate surface area is 87.8 Å². The van der Waals surface area contributed by atoms with Crippen molar-refractivity contribution in [1.29, 1.82) is 0 Å². The van der Waals surface area contributed by atoms with Crippen LogP contribution in [-0.2, 0) is 0 Å². The minimum absolute atomic E-state index is 0.456. The van der Waals surface area contributed by atoms with Gasteiger partial charge in [0.15, 0.2) is 0 Å². The minimum atomic E-state index is 0.456. The fourth-order valence-electron chi connectivity index (χ4n) is 2.71. The molecule has 2 nitrogen and oxygen atoms in total. The first-order chi connectivity index (χ1) is 6.66. The number of rotatable bonds is 3. The van der Waals surface area contributed by atoms with E-state index in [-0.39, 0.29) is 0 Å². The number of piperidine rings is 1. The van der Waals surface area contributed by atoms with Crippen LogP contribution in [-0.4, -0.2) is 30.1 Å². The summed E-state index contributed by atoms with van der Waals surface area (Å²) in [5.41, 5.74) is 5.96. The lowest BCUT2D eigenvalue weighted by molar-refractivity contribution is 0.124. The van der Waals surface area contributed by atoms with E-state index in [1.54, 1.807) is 0 Å². The van der Waals surface area contributed by atoms with Gasteiger partial charge in [0.1, 0.15) is 0 Å². The van der Waals surface area contributed by atoms with Gasteiger partial charge in [-0.3, -0.25) is 0 Å². The monoisotopic (exact) mass is 196 g/mol. The lowest BCUT2D eigenvalue weighted by Crippen LogP contribution is -2.47. The van der Waals surface area contributed by atoms with Crippen molar-refractivity contribution in [3.8, 4) is 0 Å². The van der Waals surface area contributed by atoms with Crippen molar-refractivity contribution in [1.82, 2.24) is 4.90 Å². The molecule has 2 N–H and O–H groups in total. The molecule has 0 amide bonds. The van der Waals surface area contributed by atoms with Gasteiger partial charge in [-0.1, -0.05) is 6.92 Å². The Morgan fingerprint density at radius 3 is 2.64 bits per heavy atom. The van der Waals surface area contributed by atoms with Gasteiger partial charge in [-0.05, 0) is 51.0 Å². The molecule has 1 aliphatic heterocycles. The largest absolute Gasteiger partial charge is 0.328 e. The molecule has 1 aliphatic carbocycles. The second kappa shape index (κ2) is 4.19. The number of hydrogen-bond acceptors (Lipinski definition) is 2. The molecule has 2 fully saturated rings. The van der Waals surface area contributed by atoms with E-state index >= 15 is 0 Å². The average Bonchev–Trinajstić information content (AvgIpc) is 2.92. The lowest BCUT2D eigenvalue weighted by atomic mass is 9.96. The molecule has 2 aliphatic rings. The van der Waals surface area contributed by atoms with Gasteiger partial charge in [0.2, 0.25) is 0 Å². The van der Waals surface area contributed by atoms with Crippen LogP contribution >= 0.6 is 0 Å². The van der Waals surface area contributed by atoms with Crippen molar-refractivity contribution >= 4 is 0 Å². The van der Waals surface area contributed by atoms with E-state index in [1.807, 2.05) is 0 Å². The molecule has 0 aromatic rings. The molecule has 0 aromatic heterocycles. The SMILES string of the molecule is CC(CN1CCC(N)CC1C)C1CC1. The van der Waals surface area contributed by atoms with Crippen LogP contribution in [0.25, 0.3) is 0 Å². The van der Waals surface area contributed by atoms with Crippen molar-refractivity contribution in [3.63, 3.8) is 0 Å². The maximum Gasteiger partial charge on any atom is 0.00817 e. The Morgan fingerprint density at radius 2 is 2.07 bits per heavy atom.